The minimum Gasteiger partial charge on any atom is -0.354 e. The van der Waals surface area contributed by atoms with Gasteiger partial charge in [0.15, 0.2) is 0 Å². The molecule has 28 heavy (non-hydrogen) atoms. The summed E-state index contributed by atoms with van der Waals surface area (Å²) >= 11 is 6.18. The second kappa shape index (κ2) is 10.2. The quantitative estimate of drug-likeness (QED) is 0.716. The molecule has 1 atom stereocenters. The predicted octanol–water partition coefficient (Wildman–Crippen LogP) is 4.21. The van der Waals surface area contributed by atoms with Crippen molar-refractivity contribution in [3.63, 3.8) is 0 Å². The summed E-state index contributed by atoms with van der Waals surface area (Å²) in [6, 6.07) is 12.6. The first-order chi connectivity index (χ1) is 13.3. The molecule has 150 valence electrons. The van der Waals surface area contributed by atoms with Gasteiger partial charge in [0.2, 0.25) is 11.8 Å². The van der Waals surface area contributed by atoms with Gasteiger partial charge in [-0.15, -0.1) is 0 Å². The maximum absolute atomic E-state index is 14.2. The van der Waals surface area contributed by atoms with Crippen molar-refractivity contribution >= 4 is 23.4 Å². The number of benzene rings is 2. The van der Waals surface area contributed by atoms with Gasteiger partial charge in [-0.2, -0.15) is 0 Å². The van der Waals surface area contributed by atoms with E-state index in [-0.39, 0.29) is 30.7 Å². The van der Waals surface area contributed by atoms with Crippen LogP contribution in [-0.4, -0.2) is 29.3 Å². The highest BCUT2D eigenvalue weighted by Crippen LogP contribution is 2.19. The van der Waals surface area contributed by atoms with Crippen molar-refractivity contribution in [2.45, 2.75) is 39.8 Å². The van der Waals surface area contributed by atoms with E-state index in [4.69, 9.17) is 11.6 Å². The molecular formula is C22H26ClFN2O2. The van der Waals surface area contributed by atoms with Crippen LogP contribution < -0.4 is 5.32 Å². The molecule has 0 aliphatic rings. The van der Waals surface area contributed by atoms with E-state index in [2.05, 4.69) is 5.32 Å². The lowest BCUT2D eigenvalue weighted by Gasteiger charge is -2.29. The van der Waals surface area contributed by atoms with E-state index < -0.39 is 11.9 Å². The summed E-state index contributed by atoms with van der Waals surface area (Å²) in [5.74, 6) is -0.677. The molecular weight excluding hydrogens is 379 g/mol. The van der Waals surface area contributed by atoms with E-state index in [9.17, 15) is 14.0 Å². The number of carbonyl (C=O) groups excluding carboxylic acids is 2. The molecule has 2 aromatic rings. The molecule has 0 fully saturated rings. The average Bonchev–Trinajstić information content (AvgIpc) is 2.66. The number of carbonyl (C=O) groups is 2. The molecule has 6 heteroatoms. The van der Waals surface area contributed by atoms with Crippen LogP contribution in [0.25, 0.3) is 0 Å². The Labute approximate surface area is 170 Å². The molecule has 0 heterocycles. The smallest absolute Gasteiger partial charge is 0.242 e. The fraction of sp³-hybridized carbons (Fsp3) is 0.364. The highest BCUT2D eigenvalue weighted by Gasteiger charge is 2.27. The number of rotatable bonds is 8. The van der Waals surface area contributed by atoms with E-state index in [1.165, 1.54) is 11.0 Å². The van der Waals surface area contributed by atoms with E-state index in [1.807, 2.05) is 13.8 Å². The summed E-state index contributed by atoms with van der Waals surface area (Å²) in [4.78, 5) is 27.0. The Hall–Kier alpha value is -2.40. The molecule has 2 aromatic carbocycles. The zero-order chi connectivity index (χ0) is 20.7. The molecule has 0 radical (unpaired) electrons. The molecule has 1 N–H and O–H groups in total. The highest BCUT2D eigenvalue weighted by molar-refractivity contribution is 6.31. The molecule has 0 unspecified atom stereocenters. The van der Waals surface area contributed by atoms with Crippen LogP contribution in [0, 0.1) is 11.7 Å². The molecule has 0 aliphatic heterocycles. The van der Waals surface area contributed by atoms with Crippen molar-refractivity contribution < 1.29 is 14.0 Å². The Morgan fingerprint density at radius 1 is 1.04 bits per heavy atom. The average molecular weight is 405 g/mol. The Morgan fingerprint density at radius 3 is 2.25 bits per heavy atom. The Morgan fingerprint density at radius 2 is 1.64 bits per heavy atom. The van der Waals surface area contributed by atoms with E-state index in [0.717, 1.165) is 0 Å². The van der Waals surface area contributed by atoms with Crippen LogP contribution in [0.5, 0.6) is 0 Å². The minimum atomic E-state index is -0.742. The number of nitrogens with one attached hydrogen (secondary N) is 1. The van der Waals surface area contributed by atoms with E-state index >= 15 is 0 Å². The summed E-state index contributed by atoms with van der Waals surface area (Å²) in [7, 11) is 0. The maximum atomic E-state index is 14.2. The second-order valence-electron chi connectivity index (χ2n) is 7.20. The number of hydrogen-bond donors (Lipinski definition) is 1. The fourth-order valence-corrected chi connectivity index (χ4v) is 2.95. The van der Waals surface area contributed by atoms with Gasteiger partial charge in [0.25, 0.3) is 0 Å². The SMILES string of the molecule is CC(C)CNC(=O)[C@@H](C)N(Cc1ccccc1F)C(=O)Cc1ccccc1Cl. The van der Waals surface area contributed by atoms with Crippen LogP contribution in [0.1, 0.15) is 31.9 Å². The largest absolute Gasteiger partial charge is 0.354 e. The van der Waals surface area contributed by atoms with E-state index in [1.54, 1.807) is 49.4 Å². The molecule has 0 saturated carbocycles. The van der Waals surface area contributed by atoms with Crippen LogP contribution in [0.4, 0.5) is 4.39 Å². The van der Waals surface area contributed by atoms with Crippen molar-refractivity contribution in [3.05, 3.63) is 70.5 Å². The third-order valence-corrected chi connectivity index (χ3v) is 4.82. The van der Waals surface area contributed by atoms with Gasteiger partial charge in [0.1, 0.15) is 11.9 Å². The Kier molecular flexibility index (Phi) is 8.00. The third kappa shape index (κ3) is 6.06. The summed E-state index contributed by atoms with van der Waals surface area (Å²) < 4.78 is 14.2. The second-order valence-corrected chi connectivity index (χ2v) is 7.60. The normalized spacial score (nSPS) is 11.9. The lowest BCUT2D eigenvalue weighted by molar-refractivity contribution is -0.140. The molecule has 0 bridgehead atoms. The topological polar surface area (TPSA) is 49.4 Å². The summed E-state index contributed by atoms with van der Waals surface area (Å²) in [6.07, 6.45) is 0.0376. The van der Waals surface area contributed by atoms with Gasteiger partial charge in [-0.05, 0) is 30.5 Å². The molecule has 4 nitrogen and oxygen atoms in total. The van der Waals surface area contributed by atoms with Gasteiger partial charge in [0, 0.05) is 23.7 Å². The molecule has 0 aliphatic carbocycles. The lowest BCUT2D eigenvalue weighted by atomic mass is 10.1. The zero-order valence-corrected chi connectivity index (χ0v) is 17.2. The summed E-state index contributed by atoms with van der Waals surface area (Å²) in [5.41, 5.74) is 1.03. The van der Waals surface area contributed by atoms with Crippen molar-refractivity contribution in [1.82, 2.24) is 10.2 Å². The number of halogens is 2. The predicted molar refractivity (Wildman–Crippen MR) is 109 cm³/mol. The van der Waals surface area contributed by atoms with Gasteiger partial charge < -0.3 is 10.2 Å². The van der Waals surface area contributed by atoms with Gasteiger partial charge >= 0.3 is 0 Å². The molecule has 2 rings (SSSR count). The van der Waals surface area contributed by atoms with Crippen LogP contribution in [-0.2, 0) is 22.6 Å². The molecule has 0 spiro atoms. The third-order valence-electron chi connectivity index (χ3n) is 4.45. The minimum absolute atomic E-state index is 0.00618. The summed E-state index contributed by atoms with van der Waals surface area (Å²) in [5, 5.41) is 3.33. The van der Waals surface area contributed by atoms with Crippen LogP contribution >= 0.6 is 11.6 Å². The molecule has 0 saturated heterocycles. The highest BCUT2D eigenvalue weighted by atomic mass is 35.5. The zero-order valence-electron chi connectivity index (χ0n) is 16.4. The van der Waals surface area contributed by atoms with Crippen molar-refractivity contribution in [2.24, 2.45) is 5.92 Å². The number of hydrogen-bond acceptors (Lipinski definition) is 2. The molecule has 2 amide bonds. The monoisotopic (exact) mass is 404 g/mol. The van der Waals surface area contributed by atoms with Gasteiger partial charge in [0.05, 0.1) is 6.42 Å². The Bertz CT molecular complexity index is 826. The number of nitrogens with zero attached hydrogens (tertiary/aromatic N) is 1. The first-order valence-electron chi connectivity index (χ1n) is 9.33. The Balaban J connectivity index is 2.24. The van der Waals surface area contributed by atoms with Crippen LogP contribution in [0.3, 0.4) is 0 Å². The van der Waals surface area contributed by atoms with Crippen molar-refractivity contribution in [3.8, 4) is 0 Å². The first-order valence-corrected chi connectivity index (χ1v) is 9.71. The number of amides is 2. The summed E-state index contributed by atoms with van der Waals surface area (Å²) in [6.45, 7) is 6.15. The standard InChI is InChI=1S/C22H26ClFN2O2/c1-15(2)13-25-22(28)16(3)26(14-18-9-5-7-11-20(18)24)21(27)12-17-8-4-6-10-19(17)23/h4-11,15-16H,12-14H2,1-3H3,(H,25,28)/t16-/m1/s1. The maximum Gasteiger partial charge on any atom is 0.242 e. The van der Waals surface area contributed by atoms with Gasteiger partial charge in [-0.25, -0.2) is 4.39 Å². The fourth-order valence-electron chi connectivity index (χ4n) is 2.75. The van der Waals surface area contributed by atoms with E-state index in [0.29, 0.717) is 22.7 Å². The first kappa shape index (κ1) is 21.9. The van der Waals surface area contributed by atoms with Crippen molar-refractivity contribution in [1.29, 1.82) is 0 Å². The van der Waals surface area contributed by atoms with Crippen LogP contribution in [0.15, 0.2) is 48.5 Å². The van der Waals surface area contributed by atoms with Crippen molar-refractivity contribution in [2.75, 3.05) is 6.54 Å². The molecule has 0 aromatic heterocycles. The lowest BCUT2D eigenvalue weighted by Crippen LogP contribution is -2.48. The van der Waals surface area contributed by atoms with Gasteiger partial charge in [-0.3, -0.25) is 9.59 Å². The van der Waals surface area contributed by atoms with Crippen LogP contribution in [0.2, 0.25) is 5.02 Å². The van der Waals surface area contributed by atoms with Gasteiger partial charge in [-0.1, -0.05) is 61.8 Å².